The Morgan fingerprint density at radius 1 is 1.12 bits per heavy atom. The number of carbonyl (C=O) groups is 1. The van der Waals surface area contributed by atoms with Crippen LogP contribution in [0, 0.1) is 0 Å². The van der Waals surface area contributed by atoms with Gasteiger partial charge in [-0.3, -0.25) is 0 Å². The second-order valence-electron chi connectivity index (χ2n) is 5.96. The van der Waals surface area contributed by atoms with Crippen molar-refractivity contribution in [1.29, 1.82) is 0 Å². The number of thiazole rings is 1. The topological polar surface area (TPSA) is 52.1 Å². The standard InChI is InChI=1S/C19H16Cl2N2O2S/c1-11(2)12-3-5-13(6-4-12)18-22-14(10-26-18)9-25-19(24)17-15(20)7-8-16(21)23-17/h3-8,10-11H,9H2,1-2H3. The summed E-state index contributed by atoms with van der Waals surface area (Å²) in [6, 6.07) is 11.3. The van der Waals surface area contributed by atoms with Crippen molar-refractivity contribution in [2.24, 2.45) is 0 Å². The molecule has 0 unspecified atom stereocenters. The number of benzene rings is 1. The van der Waals surface area contributed by atoms with Crippen LogP contribution in [-0.2, 0) is 11.3 Å². The third-order valence-electron chi connectivity index (χ3n) is 3.73. The molecule has 0 radical (unpaired) electrons. The van der Waals surface area contributed by atoms with Crippen LogP contribution >= 0.6 is 34.5 Å². The highest BCUT2D eigenvalue weighted by atomic mass is 35.5. The highest BCUT2D eigenvalue weighted by Crippen LogP contribution is 2.26. The lowest BCUT2D eigenvalue weighted by Gasteiger charge is -2.05. The molecule has 2 aromatic heterocycles. The maximum absolute atomic E-state index is 12.1. The van der Waals surface area contributed by atoms with Gasteiger partial charge in [-0.15, -0.1) is 11.3 Å². The third kappa shape index (κ3) is 4.41. The smallest absolute Gasteiger partial charge is 0.358 e. The number of ether oxygens (including phenoxy) is 1. The summed E-state index contributed by atoms with van der Waals surface area (Å²) in [5.41, 5.74) is 2.99. The molecule has 0 amide bonds. The van der Waals surface area contributed by atoms with E-state index in [1.54, 1.807) is 0 Å². The summed E-state index contributed by atoms with van der Waals surface area (Å²) < 4.78 is 5.25. The Morgan fingerprint density at radius 2 is 1.85 bits per heavy atom. The van der Waals surface area contributed by atoms with Crippen LogP contribution in [0.3, 0.4) is 0 Å². The van der Waals surface area contributed by atoms with Crippen molar-refractivity contribution in [2.75, 3.05) is 0 Å². The molecule has 0 aliphatic carbocycles. The predicted octanol–water partition coefficient (Wildman–Crippen LogP) is 5.99. The summed E-state index contributed by atoms with van der Waals surface area (Å²) in [4.78, 5) is 20.5. The molecule has 1 aromatic carbocycles. The summed E-state index contributed by atoms with van der Waals surface area (Å²) in [7, 11) is 0. The first-order valence-corrected chi connectivity index (χ1v) is 9.61. The van der Waals surface area contributed by atoms with Gasteiger partial charge < -0.3 is 4.74 Å². The maximum Gasteiger partial charge on any atom is 0.358 e. The van der Waals surface area contributed by atoms with Gasteiger partial charge in [-0.2, -0.15) is 0 Å². The van der Waals surface area contributed by atoms with Crippen LogP contribution in [0.25, 0.3) is 10.6 Å². The van der Waals surface area contributed by atoms with E-state index in [9.17, 15) is 4.79 Å². The number of esters is 1. The summed E-state index contributed by atoms with van der Waals surface area (Å²) in [5.74, 6) is -0.143. The lowest BCUT2D eigenvalue weighted by atomic mass is 10.0. The fraction of sp³-hybridized carbons (Fsp3) is 0.211. The number of rotatable bonds is 5. The van der Waals surface area contributed by atoms with Crippen molar-refractivity contribution in [2.45, 2.75) is 26.4 Å². The van der Waals surface area contributed by atoms with E-state index in [0.717, 1.165) is 10.6 Å². The highest BCUT2D eigenvalue weighted by molar-refractivity contribution is 7.13. The average Bonchev–Trinajstić information content (AvgIpc) is 3.11. The van der Waals surface area contributed by atoms with Gasteiger partial charge in [0.1, 0.15) is 16.8 Å². The van der Waals surface area contributed by atoms with Gasteiger partial charge in [0.15, 0.2) is 5.69 Å². The zero-order valence-electron chi connectivity index (χ0n) is 14.2. The average molecular weight is 407 g/mol. The molecule has 4 nitrogen and oxygen atoms in total. The normalized spacial score (nSPS) is 11.0. The zero-order valence-corrected chi connectivity index (χ0v) is 16.5. The number of nitrogens with zero attached hydrogens (tertiary/aromatic N) is 2. The fourth-order valence-corrected chi connectivity index (χ4v) is 3.43. The monoisotopic (exact) mass is 406 g/mol. The molecule has 26 heavy (non-hydrogen) atoms. The third-order valence-corrected chi connectivity index (χ3v) is 5.19. The lowest BCUT2D eigenvalue weighted by Crippen LogP contribution is -2.08. The first kappa shape index (κ1) is 18.8. The summed E-state index contributed by atoms with van der Waals surface area (Å²) in [5, 5.41) is 3.13. The fourth-order valence-electron chi connectivity index (χ4n) is 2.29. The SMILES string of the molecule is CC(C)c1ccc(-c2nc(COC(=O)c3nc(Cl)ccc3Cl)cs2)cc1. The van der Waals surface area contributed by atoms with Crippen LogP contribution < -0.4 is 0 Å². The van der Waals surface area contributed by atoms with Gasteiger partial charge in [-0.1, -0.05) is 61.3 Å². The molecule has 0 spiro atoms. The van der Waals surface area contributed by atoms with Crippen LogP contribution in [-0.4, -0.2) is 15.9 Å². The van der Waals surface area contributed by atoms with E-state index in [0.29, 0.717) is 11.6 Å². The molecule has 0 N–H and O–H groups in total. The van der Waals surface area contributed by atoms with Crippen LogP contribution in [0.15, 0.2) is 41.8 Å². The second-order valence-corrected chi connectivity index (χ2v) is 7.61. The number of hydrogen-bond donors (Lipinski definition) is 0. The van der Waals surface area contributed by atoms with Crippen molar-refractivity contribution < 1.29 is 9.53 Å². The largest absolute Gasteiger partial charge is 0.454 e. The van der Waals surface area contributed by atoms with E-state index in [1.807, 2.05) is 5.38 Å². The van der Waals surface area contributed by atoms with Crippen molar-refractivity contribution >= 4 is 40.5 Å². The Labute approximate surface area is 165 Å². The minimum atomic E-state index is -0.631. The minimum Gasteiger partial charge on any atom is -0.454 e. The molecule has 0 aliphatic rings. The quantitative estimate of drug-likeness (QED) is 0.385. The van der Waals surface area contributed by atoms with Crippen molar-refractivity contribution in [3.05, 3.63) is 68.9 Å². The first-order chi connectivity index (χ1) is 12.4. The van der Waals surface area contributed by atoms with E-state index in [1.165, 1.54) is 29.0 Å². The van der Waals surface area contributed by atoms with E-state index >= 15 is 0 Å². The van der Waals surface area contributed by atoms with E-state index in [2.05, 4.69) is 48.1 Å². The molecular weight excluding hydrogens is 391 g/mol. The Balaban J connectivity index is 1.67. The molecule has 0 saturated carbocycles. The van der Waals surface area contributed by atoms with Gasteiger partial charge in [0.2, 0.25) is 0 Å². The molecule has 2 heterocycles. The number of aromatic nitrogens is 2. The maximum atomic E-state index is 12.1. The predicted molar refractivity (Wildman–Crippen MR) is 105 cm³/mol. The molecule has 0 bridgehead atoms. The van der Waals surface area contributed by atoms with Gasteiger partial charge in [-0.25, -0.2) is 14.8 Å². The molecule has 0 atom stereocenters. The Bertz CT molecular complexity index is 924. The lowest BCUT2D eigenvalue weighted by molar-refractivity contribution is 0.0462. The molecule has 134 valence electrons. The van der Waals surface area contributed by atoms with Gasteiger partial charge in [0.25, 0.3) is 0 Å². The molecule has 0 fully saturated rings. The van der Waals surface area contributed by atoms with Crippen LogP contribution in [0.4, 0.5) is 0 Å². The van der Waals surface area contributed by atoms with Crippen molar-refractivity contribution in [3.8, 4) is 10.6 Å². The number of halogens is 2. The molecule has 3 aromatic rings. The molecule has 0 aliphatic heterocycles. The van der Waals surface area contributed by atoms with Crippen molar-refractivity contribution in [3.63, 3.8) is 0 Å². The summed E-state index contributed by atoms with van der Waals surface area (Å²) in [6.07, 6.45) is 0. The van der Waals surface area contributed by atoms with Crippen LogP contribution in [0.2, 0.25) is 10.2 Å². The Hall–Kier alpha value is -1.95. The van der Waals surface area contributed by atoms with E-state index in [-0.39, 0.29) is 22.5 Å². The van der Waals surface area contributed by atoms with Gasteiger partial charge in [-0.05, 0) is 23.6 Å². The Morgan fingerprint density at radius 3 is 2.54 bits per heavy atom. The van der Waals surface area contributed by atoms with E-state index in [4.69, 9.17) is 27.9 Å². The zero-order chi connectivity index (χ0) is 18.7. The number of hydrogen-bond acceptors (Lipinski definition) is 5. The van der Waals surface area contributed by atoms with Crippen LogP contribution in [0.1, 0.15) is 41.5 Å². The second kappa shape index (κ2) is 8.16. The number of pyridine rings is 1. The summed E-state index contributed by atoms with van der Waals surface area (Å²) >= 11 is 13.3. The number of carbonyl (C=O) groups excluding carboxylic acids is 1. The molecule has 7 heteroatoms. The molecule has 3 rings (SSSR count). The van der Waals surface area contributed by atoms with Crippen LogP contribution in [0.5, 0.6) is 0 Å². The van der Waals surface area contributed by atoms with Gasteiger partial charge in [0, 0.05) is 10.9 Å². The Kier molecular flexibility index (Phi) is 5.91. The first-order valence-electron chi connectivity index (χ1n) is 7.98. The molecular formula is C19H16Cl2N2O2S. The van der Waals surface area contributed by atoms with Gasteiger partial charge in [0.05, 0.1) is 10.7 Å². The summed E-state index contributed by atoms with van der Waals surface area (Å²) in [6.45, 7) is 4.36. The minimum absolute atomic E-state index is 0.00102. The highest BCUT2D eigenvalue weighted by Gasteiger charge is 2.15. The molecule has 0 saturated heterocycles. The van der Waals surface area contributed by atoms with Crippen molar-refractivity contribution in [1.82, 2.24) is 9.97 Å². The van der Waals surface area contributed by atoms with E-state index < -0.39 is 5.97 Å². The van der Waals surface area contributed by atoms with Gasteiger partial charge >= 0.3 is 5.97 Å².